The summed E-state index contributed by atoms with van der Waals surface area (Å²) in [6.07, 6.45) is 2.02. The monoisotopic (exact) mass is 535 g/mol. The highest BCUT2D eigenvalue weighted by molar-refractivity contribution is 7.90. The summed E-state index contributed by atoms with van der Waals surface area (Å²) in [4.78, 5) is 4.99. The van der Waals surface area contributed by atoms with Crippen LogP contribution in [-0.2, 0) is 10.0 Å². The second-order valence-electron chi connectivity index (χ2n) is 9.31. The molecule has 7 nitrogen and oxygen atoms in total. The maximum Gasteiger partial charge on any atom is 0.264 e. The molecule has 3 aromatic rings. The summed E-state index contributed by atoms with van der Waals surface area (Å²) < 4.78 is 29.3. The van der Waals surface area contributed by atoms with Gasteiger partial charge in [0.25, 0.3) is 10.0 Å². The van der Waals surface area contributed by atoms with Crippen LogP contribution in [0.5, 0.6) is 0 Å². The topological polar surface area (TPSA) is 86.2 Å². The maximum atomic E-state index is 13.3. The Balaban J connectivity index is 1.51. The largest absolute Gasteiger partial charge is 0.317 e. The molecule has 192 valence electrons. The SMILES string of the molecule is O=S(=O)(NC(=NCC1CCNCC1)N1CC(c2ccccc2)C(c2ccc(Cl)cc2)=N1)c1ccccc1. The van der Waals surface area contributed by atoms with Gasteiger partial charge in [0.1, 0.15) is 0 Å². The Morgan fingerprint density at radius 1 is 0.973 bits per heavy atom. The minimum atomic E-state index is -3.84. The highest BCUT2D eigenvalue weighted by atomic mass is 35.5. The van der Waals surface area contributed by atoms with Crippen molar-refractivity contribution in [3.05, 3.63) is 101 Å². The smallest absolute Gasteiger partial charge is 0.264 e. The van der Waals surface area contributed by atoms with E-state index in [-0.39, 0.29) is 16.8 Å². The third-order valence-corrected chi connectivity index (χ3v) is 8.33. The first-order chi connectivity index (χ1) is 18.0. The molecule has 1 fully saturated rings. The number of hydrogen-bond donors (Lipinski definition) is 2. The van der Waals surface area contributed by atoms with Crippen molar-refractivity contribution in [3.63, 3.8) is 0 Å². The van der Waals surface area contributed by atoms with E-state index in [9.17, 15) is 8.42 Å². The van der Waals surface area contributed by atoms with Crippen LogP contribution >= 0.6 is 11.6 Å². The van der Waals surface area contributed by atoms with Crippen molar-refractivity contribution >= 4 is 33.3 Å². The third kappa shape index (κ3) is 6.21. The van der Waals surface area contributed by atoms with Gasteiger partial charge in [0.05, 0.1) is 17.2 Å². The van der Waals surface area contributed by atoms with Gasteiger partial charge in [-0.15, -0.1) is 0 Å². The van der Waals surface area contributed by atoms with Crippen molar-refractivity contribution in [1.82, 2.24) is 15.0 Å². The predicted molar refractivity (Wildman–Crippen MR) is 149 cm³/mol. The lowest BCUT2D eigenvalue weighted by molar-refractivity contribution is 0.379. The molecule has 2 aliphatic rings. The minimum absolute atomic E-state index is 0.0623. The molecule has 2 heterocycles. The van der Waals surface area contributed by atoms with Crippen LogP contribution in [-0.4, -0.2) is 51.3 Å². The standard InChI is InChI=1S/C28H30ClN5O2S/c29-24-13-11-23(12-14-24)27-26(22-7-3-1-4-8-22)20-34(32-27)28(31-19-21-15-17-30-18-16-21)33-37(35,36)25-9-5-2-6-10-25/h1-14,21,26,30H,15-20H2,(H,31,33). The average Bonchev–Trinajstić information content (AvgIpc) is 3.38. The van der Waals surface area contributed by atoms with Gasteiger partial charge in [-0.05, 0) is 67.2 Å². The van der Waals surface area contributed by atoms with E-state index in [0.29, 0.717) is 24.0 Å². The number of piperidine rings is 1. The quantitative estimate of drug-likeness (QED) is 0.360. The first-order valence-electron chi connectivity index (χ1n) is 12.5. The molecular formula is C28H30ClN5O2S. The molecule has 2 N–H and O–H groups in total. The summed E-state index contributed by atoms with van der Waals surface area (Å²) in [6.45, 7) is 2.89. The number of halogens is 1. The Bertz CT molecular complexity index is 1360. The van der Waals surface area contributed by atoms with E-state index >= 15 is 0 Å². The van der Waals surface area contributed by atoms with Crippen molar-refractivity contribution in [2.24, 2.45) is 16.0 Å². The van der Waals surface area contributed by atoms with Crippen molar-refractivity contribution < 1.29 is 8.42 Å². The molecule has 1 saturated heterocycles. The molecule has 1 atom stereocenters. The number of hydrazone groups is 1. The van der Waals surface area contributed by atoms with Gasteiger partial charge in [-0.3, -0.25) is 4.99 Å². The van der Waals surface area contributed by atoms with Crippen LogP contribution in [0.3, 0.4) is 0 Å². The Kier molecular flexibility index (Phi) is 7.88. The fourth-order valence-corrected chi connectivity index (χ4v) is 5.86. The lowest BCUT2D eigenvalue weighted by Gasteiger charge is -2.23. The van der Waals surface area contributed by atoms with Crippen molar-refractivity contribution in [3.8, 4) is 0 Å². The summed E-state index contributed by atoms with van der Waals surface area (Å²) in [5.41, 5.74) is 2.88. The normalized spacial score (nSPS) is 19.1. The van der Waals surface area contributed by atoms with E-state index in [4.69, 9.17) is 21.7 Å². The number of aliphatic imine (C=N–C) groups is 1. The van der Waals surface area contributed by atoms with Crippen LogP contribution in [0.25, 0.3) is 0 Å². The fraction of sp³-hybridized carbons (Fsp3) is 0.286. The van der Waals surface area contributed by atoms with E-state index in [2.05, 4.69) is 22.2 Å². The molecular weight excluding hydrogens is 506 g/mol. The zero-order valence-electron chi connectivity index (χ0n) is 20.4. The number of rotatable bonds is 6. The van der Waals surface area contributed by atoms with Gasteiger partial charge in [0, 0.05) is 17.5 Å². The van der Waals surface area contributed by atoms with Gasteiger partial charge >= 0.3 is 0 Å². The summed E-state index contributed by atoms with van der Waals surface area (Å²) in [5, 5.41) is 10.6. The zero-order valence-corrected chi connectivity index (χ0v) is 22.0. The molecule has 0 radical (unpaired) electrons. The molecule has 0 aliphatic carbocycles. The number of guanidine groups is 1. The molecule has 9 heteroatoms. The van der Waals surface area contributed by atoms with Crippen LogP contribution in [0, 0.1) is 5.92 Å². The number of benzene rings is 3. The molecule has 1 unspecified atom stereocenters. The van der Waals surface area contributed by atoms with Crippen molar-refractivity contribution in [1.29, 1.82) is 0 Å². The molecule has 0 amide bonds. The van der Waals surface area contributed by atoms with Crippen LogP contribution in [0.4, 0.5) is 0 Å². The molecule has 0 bridgehead atoms. The zero-order chi connectivity index (χ0) is 25.7. The highest BCUT2D eigenvalue weighted by Crippen LogP contribution is 2.30. The van der Waals surface area contributed by atoms with E-state index in [1.165, 1.54) is 0 Å². The molecule has 0 aromatic heterocycles. The van der Waals surface area contributed by atoms with Crippen molar-refractivity contribution in [2.45, 2.75) is 23.7 Å². The lowest BCUT2D eigenvalue weighted by Crippen LogP contribution is -2.42. The first kappa shape index (κ1) is 25.4. The highest BCUT2D eigenvalue weighted by Gasteiger charge is 2.33. The van der Waals surface area contributed by atoms with Crippen LogP contribution in [0.2, 0.25) is 5.02 Å². The second kappa shape index (κ2) is 11.5. The Morgan fingerprint density at radius 2 is 1.62 bits per heavy atom. The second-order valence-corrected chi connectivity index (χ2v) is 11.4. The van der Waals surface area contributed by atoms with Gasteiger partial charge in [-0.25, -0.2) is 18.1 Å². The Morgan fingerprint density at radius 3 is 2.30 bits per heavy atom. The van der Waals surface area contributed by atoms with Crippen molar-refractivity contribution in [2.75, 3.05) is 26.2 Å². The third-order valence-electron chi connectivity index (χ3n) is 6.74. The Hall–Kier alpha value is -3.20. The van der Waals surface area contributed by atoms with Gasteiger partial charge in [-0.2, -0.15) is 5.10 Å². The molecule has 0 spiro atoms. The maximum absolute atomic E-state index is 13.3. The molecule has 37 heavy (non-hydrogen) atoms. The lowest BCUT2D eigenvalue weighted by atomic mass is 9.91. The Labute approximate surface area is 223 Å². The molecule has 2 aliphatic heterocycles. The summed E-state index contributed by atoms with van der Waals surface area (Å²) in [6, 6.07) is 26.1. The van der Waals surface area contributed by atoms with Gasteiger partial charge in [0.2, 0.25) is 5.96 Å². The van der Waals surface area contributed by atoms with E-state index in [1.807, 2.05) is 42.5 Å². The number of sulfonamides is 1. The summed E-state index contributed by atoms with van der Waals surface area (Å²) in [7, 11) is -3.84. The summed E-state index contributed by atoms with van der Waals surface area (Å²) >= 11 is 6.15. The van der Waals surface area contributed by atoms with Crippen LogP contribution < -0.4 is 10.0 Å². The van der Waals surface area contributed by atoms with Crippen LogP contribution in [0.15, 0.2) is 99.9 Å². The van der Waals surface area contributed by atoms with Gasteiger partial charge in [0.15, 0.2) is 0 Å². The van der Waals surface area contributed by atoms with E-state index in [1.54, 1.807) is 35.3 Å². The minimum Gasteiger partial charge on any atom is -0.317 e. The molecule has 5 rings (SSSR count). The van der Waals surface area contributed by atoms with Gasteiger partial charge < -0.3 is 5.32 Å². The number of nitrogens with zero attached hydrogens (tertiary/aromatic N) is 3. The summed E-state index contributed by atoms with van der Waals surface area (Å²) in [5.74, 6) is 0.574. The van der Waals surface area contributed by atoms with E-state index < -0.39 is 10.0 Å². The first-order valence-corrected chi connectivity index (χ1v) is 14.4. The number of hydrogen-bond acceptors (Lipinski definition) is 5. The van der Waals surface area contributed by atoms with Crippen LogP contribution in [0.1, 0.15) is 29.9 Å². The predicted octanol–water partition coefficient (Wildman–Crippen LogP) is 4.48. The number of nitrogens with one attached hydrogen (secondary N) is 2. The van der Waals surface area contributed by atoms with E-state index in [0.717, 1.165) is 42.8 Å². The van der Waals surface area contributed by atoms with Gasteiger partial charge in [-0.1, -0.05) is 72.3 Å². The average molecular weight is 536 g/mol. The molecule has 0 saturated carbocycles. The fourth-order valence-electron chi connectivity index (χ4n) is 4.69. The molecule has 3 aromatic carbocycles.